The van der Waals surface area contributed by atoms with Crippen molar-refractivity contribution in [3.63, 3.8) is 0 Å². The molecular weight excluding hydrogens is 232 g/mol. The second-order valence-electron chi connectivity index (χ2n) is 4.49. The number of aliphatic hydroxyl groups excluding tert-OH is 1. The molecule has 0 saturated heterocycles. The second-order valence-corrected chi connectivity index (χ2v) is 4.49. The number of hydrogen-bond donors (Lipinski definition) is 2. The zero-order chi connectivity index (χ0) is 13.0. The van der Waals surface area contributed by atoms with Gasteiger partial charge in [0.1, 0.15) is 11.5 Å². The number of nitrogen functional groups attached to an aromatic ring is 1. The molecule has 1 aromatic heterocycles. The number of hydrogen-bond acceptors (Lipinski definition) is 5. The molecule has 6 heteroatoms. The van der Waals surface area contributed by atoms with Gasteiger partial charge in [0.05, 0.1) is 12.4 Å². The average molecular weight is 250 g/mol. The van der Waals surface area contributed by atoms with Crippen LogP contribution in [0.15, 0.2) is 12.4 Å². The Bertz CT molecular complexity index is 420. The van der Waals surface area contributed by atoms with Crippen molar-refractivity contribution in [2.45, 2.75) is 31.7 Å². The minimum Gasteiger partial charge on any atom is -0.396 e. The number of nitrogens with zero attached hydrogens (tertiary/aromatic N) is 3. The number of aromatic nitrogens is 2. The highest BCUT2D eigenvalue weighted by Crippen LogP contribution is 2.26. The number of anilines is 1. The van der Waals surface area contributed by atoms with E-state index >= 15 is 0 Å². The van der Waals surface area contributed by atoms with Crippen LogP contribution < -0.4 is 5.73 Å². The number of rotatable bonds is 5. The third-order valence-corrected chi connectivity index (χ3v) is 3.21. The monoisotopic (exact) mass is 250 g/mol. The predicted molar refractivity (Wildman–Crippen MR) is 66.8 cm³/mol. The second kappa shape index (κ2) is 5.77. The number of aliphatic hydroxyl groups is 1. The van der Waals surface area contributed by atoms with Gasteiger partial charge in [-0.3, -0.25) is 9.78 Å². The van der Waals surface area contributed by atoms with Gasteiger partial charge >= 0.3 is 0 Å². The first kappa shape index (κ1) is 12.8. The molecule has 1 aromatic rings. The van der Waals surface area contributed by atoms with Crippen LogP contribution in [0, 0.1) is 0 Å². The molecule has 1 heterocycles. The Kier molecular flexibility index (Phi) is 4.09. The van der Waals surface area contributed by atoms with E-state index in [0.29, 0.717) is 13.0 Å². The van der Waals surface area contributed by atoms with E-state index in [1.165, 1.54) is 12.4 Å². The predicted octanol–water partition coefficient (Wildman–Crippen LogP) is 0.436. The number of nitrogens with two attached hydrogens (primary N) is 1. The van der Waals surface area contributed by atoms with Gasteiger partial charge in [-0.05, 0) is 25.7 Å². The Hall–Kier alpha value is -1.69. The summed E-state index contributed by atoms with van der Waals surface area (Å²) in [5, 5.41) is 8.90. The SMILES string of the molecule is Nc1cncc(C(=O)N(CCCO)C2CCC2)n1. The molecule has 1 saturated carbocycles. The lowest BCUT2D eigenvalue weighted by Crippen LogP contribution is -2.45. The first-order chi connectivity index (χ1) is 8.72. The van der Waals surface area contributed by atoms with E-state index in [9.17, 15) is 4.79 Å². The van der Waals surface area contributed by atoms with Crippen molar-refractivity contribution in [2.75, 3.05) is 18.9 Å². The fourth-order valence-electron chi connectivity index (χ4n) is 2.02. The van der Waals surface area contributed by atoms with Crippen LogP contribution in [0.2, 0.25) is 0 Å². The van der Waals surface area contributed by atoms with Gasteiger partial charge in [0.15, 0.2) is 0 Å². The molecule has 0 aromatic carbocycles. The molecule has 1 aliphatic rings. The molecule has 1 fully saturated rings. The highest BCUT2D eigenvalue weighted by Gasteiger charge is 2.29. The maximum Gasteiger partial charge on any atom is 0.274 e. The van der Waals surface area contributed by atoms with Crippen LogP contribution in [0.5, 0.6) is 0 Å². The molecular formula is C12H18N4O2. The first-order valence-electron chi connectivity index (χ1n) is 6.21. The molecule has 1 aliphatic carbocycles. The summed E-state index contributed by atoms with van der Waals surface area (Å²) in [6.45, 7) is 0.635. The Morgan fingerprint density at radius 1 is 1.50 bits per heavy atom. The molecule has 6 nitrogen and oxygen atoms in total. The van der Waals surface area contributed by atoms with Crippen LogP contribution >= 0.6 is 0 Å². The summed E-state index contributed by atoms with van der Waals surface area (Å²) in [6.07, 6.45) is 6.62. The quantitative estimate of drug-likeness (QED) is 0.791. The maximum absolute atomic E-state index is 12.3. The lowest BCUT2D eigenvalue weighted by Gasteiger charge is -2.37. The van der Waals surface area contributed by atoms with Crippen molar-refractivity contribution in [2.24, 2.45) is 0 Å². The van der Waals surface area contributed by atoms with Crippen LogP contribution in [0.1, 0.15) is 36.2 Å². The first-order valence-corrected chi connectivity index (χ1v) is 6.21. The zero-order valence-corrected chi connectivity index (χ0v) is 10.2. The van der Waals surface area contributed by atoms with Gasteiger partial charge in [-0.2, -0.15) is 0 Å². The van der Waals surface area contributed by atoms with Crippen molar-refractivity contribution in [3.8, 4) is 0 Å². The molecule has 0 unspecified atom stereocenters. The molecule has 2 rings (SSSR count). The van der Waals surface area contributed by atoms with E-state index < -0.39 is 0 Å². The minimum absolute atomic E-state index is 0.0824. The van der Waals surface area contributed by atoms with E-state index in [2.05, 4.69) is 9.97 Å². The number of carbonyl (C=O) groups is 1. The van der Waals surface area contributed by atoms with Crippen LogP contribution in [-0.4, -0.2) is 45.1 Å². The summed E-state index contributed by atoms with van der Waals surface area (Å²) < 4.78 is 0. The van der Waals surface area contributed by atoms with Gasteiger partial charge in [-0.25, -0.2) is 4.98 Å². The van der Waals surface area contributed by atoms with Gasteiger partial charge in [-0.1, -0.05) is 0 Å². The molecule has 18 heavy (non-hydrogen) atoms. The largest absolute Gasteiger partial charge is 0.396 e. The maximum atomic E-state index is 12.3. The third-order valence-electron chi connectivity index (χ3n) is 3.21. The van der Waals surface area contributed by atoms with Crippen molar-refractivity contribution < 1.29 is 9.90 Å². The summed E-state index contributed by atoms with van der Waals surface area (Å²) in [5.41, 5.74) is 5.81. The fourth-order valence-corrected chi connectivity index (χ4v) is 2.02. The smallest absolute Gasteiger partial charge is 0.274 e. The average Bonchev–Trinajstić information content (AvgIpc) is 2.31. The summed E-state index contributed by atoms with van der Waals surface area (Å²) in [7, 11) is 0. The van der Waals surface area contributed by atoms with Crippen molar-refractivity contribution in [1.29, 1.82) is 0 Å². The highest BCUT2D eigenvalue weighted by molar-refractivity contribution is 5.92. The summed E-state index contributed by atoms with van der Waals surface area (Å²) >= 11 is 0. The topological polar surface area (TPSA) is 92.3 Å². The molecule has 0 spiro atoms. The van der Waals surface area contributed by atoms with E-state index in [-0.39, 0.29) is 30.1 Å². The van der Waals surface area contributed by atoms with Crippen molar-refractivity contribution in [3.05, 3.63) is 18.1 Å². The molecule has 0 aliphatic heterocycles. The lowest BCUT2D eigenvalue weighted by atomic mass is 9.91. The number of carbonyl (C=O) groups excluding carboxylic acids is 1. The fraction of sp³-hybridized carbons (Fsp3) is 0.583. The molecule has 0 atom stereocenters. The Labute approximate surface area is 106 Å². The zero-order valence-electron chi connectivity index (χ0n) is 10.2. The Morgan fingerprint density at radius 3 is 2.83 bits per heavy atom. The highest BCUT2D eigenvalue weighted by atomic mass is 16.3. The standard InChI is InChI=1S/C12H18N4O2/c13-11-8-14-7-10(15-11)12(18)16(5-2-6-17)9-3-1-4-9/h7-9,17H,1-6H2,(H2,13,15). The van der Waals surface area contributed by atoms with Gasteiger partial charge < -0.3 is 15.7 Å². The number of amides is 1. The van der Waals surface area contributed by atoms with Gasteiger partial charge in [0, 0.05) is 19.2 Å². The molecule has 0 radical (unpaired) electrons. The van der Waals surface area contributed by atoms with Gasteiger partial charge in [-0.15, -0.1) is 0 Å². The third kappa shape index (κ3) is 2.76. The van der Waals surface area contributed by atoms with Crippen molar-refractivity contribution in [1.82, 2.24) is 14.9 Å². The summed E-state index contributed by atoms with van der Waals surface area (Å²) in [4.78, 5) is 22.0. The van der Waals surface area contributed by atoms with E-state index in [0.717, 1.165) is 19.3 Å². The summed E-state index contributed by atoms with van der Waals surface area (Å²) in [5.74, 6) is 0.101. The Balaban J connectivity index is 2.11. The van der Waals surface area contributed by atoms with Gasteiger partial charge in [0.25, 0.3) is 5.91 Å². The van der Waals surface area contributed by atoms with E-state index in [1.54, 1.807) is 4.90 Å². The van der Waals surface area contributed by atoms with Crippen LogP contribution in [0.3, 0.4) is 0 Å². The molecule has 1 amide bonds. The van der Waals surface area contributed by atoms with E-state index in [1.807, 2.05) is 0 Å². The van der Waals surface area contributed by atoms with Crippen molar-refractivity contribution >= 4 is 11.7 Å². The summed E-state index contributed by atoms with van der Waals surface area (Å²) in [6, 6.07) is 0.271. The Morgan fingerprint density at radius 2 is 2.28 bits per heavy atom. The molecule has 0 bridgehead atoms. The normalized spacial score (nSPS) is 15.2. The van der Waals surface area contributed by atoms with E-state index in [4.69, 9.17) is 10.8 Å². The minimum atomic E-state index is -0.145. The van der Waals surface area contributed by atoms with Crippen LogP contribution in [-0.2, 0) is 0 Å². The van der Waals surface area contributed by atoms with Crippen LogP contribution in [0.4, 0.5) is 5.82 Å². The molecule has 3 N–H and O–H groups in total. The lowest BCUT2D eigenvalue weighted by molar-refractivity contribution is 0.0556. The van der Waals surface area contributed by atoms with Crippen LogP contribution in [0.25, 0.3) is 0 Å². The molecule has 98 valence electrons. The van der Waals surface area contributed by atoms with Gasteiger partial charge in [0.2, 0.25) is 0 Å².